The van der Waals surface area contributed by atoms with Gasteiger partial charge >= 0.3 is 12.1 Å². The second kappa shape index (κ2) is 3.51. The smallest absolute Gasteiger partial charge is 0.407 e. The lowest BCUT2D eigenvalue weighted by Gasteiger charge is -2.21. The standard InChI is InChI=1S/C7H13N3O3/c1-9(7(12)13)5-2-3-10(4-5)6(8)11/h5H,2-4H2,1H3,(H2,8,11)(H,12,13). The van der Waals surface area contributed by atoms with Crippen LogP contribution in [0.2, 0.25) is 0 Å². The van der Waals surface area contributed by atoms with Crippen LogP contribution < -0.4 is 5.73 Å². The van der Waals surface area contributed by atoms with Crippen LogP contribution in [-0.2, 0) is 0 Å². The lowest BCUT2D eigenvalue weighted by Crippen LogP contribution is -2.40. The van der Waals surface area contributed by atoms with Crippen molar-refractivity contribution in [2.24, 2.45) is 5.73 Å². The van der Waals surface area contributed by atoms with Crippen molar-refractivity contribution in [2.45, 2.75) is 12.5 Å². The zero-order chi connectivity index (χ0) is 10.0. The summed E-state index contributed by atoms with van der Waals surface area (Å²) in [5.74, 6) is 0. The molecule has 0 spiro atoms. The molecular formula is C7H13N3O3. The maximum atomic E-state index is 10.7. The first kappa shape index (κ1) is 9.63. The molecule has 1 heterocycles. The van der Waals surface area contributed by atoms with Crippen molar-refractivity contribution in [3.05, 3.63) is 0 Å². The van der Waals surface area contributed by atoms with Gasteiger partial charge in [0.15, 0.2) is 0 Å². The van der Waals surface area contributed by atoms with E-state index < -0.39 is 12.1 Å². The lowest BCUT2D eigenvalue weighted by atomic mass is 10.2. The third-order valence-electron chi connectivity index (χ3n) is 2.32. The number of nitrogens with two attached hydrogens (primary N) is 1. The number of likely N-dealkylation sites (N-methyl/N-ethyl adjacent to an activating group) is 1. The second-order valence-electron chi connectivity index (χ2n) is 3.12. The van der Waals surface area contributed by atoms with Crippen LogP contribution in [0.1, 0.15) is 6.42 Å². The van der Waals surface area contributed by atoms with Crippen LogP contribution in [0.15, 0.2) is 0 Å². The average molecular weight is 187 g/mol. The minimum absolute atomic E-state index is 0.120. The molecule has 0 aromatic rings. The SMILES string of the molecule is CN(C(=O)O)C1CCN(C(N)=O)C1. The first-order valence-electron chi connectivity index (χ1n) is 4.02. The van der Waals surface area contributed by atoms with Crippen LogP contribution in [0.5, 0.6) is 0 Å². The van der Waals surface area contributed by atoms with Crippen LogP contribution in [0.25, 0.3) is 0 Å². The largest absolute Gasteiger partial charge is 0.465 e. The molecule has 13 heavy (non-hydrogen) atoms. The molecule has 74 valence electrons. The number of nitrogens with zero attached hydrogens (tertiary/aromatic N) is 2. The number of carbonyl (C=O) groups excluding carboxylic acids is 1. The van der Waals surface area contributed by atoms with E-state index in [9.17, 15) is 9.59 Å². The van der Waals surface area contributed by atoms with Crippen molar-refractivity contribution in [3.63, 3.8) is 0 Å². The number of carbonyl (C=O) groups is 2. The number of hydrogen-bond acceptors (Lipinski definition) is 2. The minimum Gasteiger partial charge on any atom is -0.465 e. The molecule has 0 radical (unpaired) electrons. The van der Waals surface area contributed by atoms with E-state index in [1.54, 1.807) is 0 Å². The fourth-order valence-corrected chi connectivity index (χ4v) is 1.41. The molecule has 0 aromatic carbocycles. The predicted molar refractivity (Wildman–Crippen MR) is 45.3 cm³/mol. The zero-order valence-corrected chi connectivity index (χ0v) is 7.43. The number of carboxylic acid groups (broad SMARTS) is 1. The van der Waals surface area contributed by atoms with Gasteiger partial charge in [0.1, 0.15) is 0 Å². The van der Waals surface area contributed by atoms with E-state index in [0.717, 1.165) is 0 Å². The molecule has 3 amide bonds. The number of likely N-dealkylation sites (tertiary alicyclic amines) is 1. The molecule has 1 fully saturated rings. The van der Waals surface area contributed by atoms with Crippen LogP contribution in [0, 0.1) is 0 Å². The summed E-state index contributed by atoms with van der Waals surface area (Å²) in [6.07, 6.45) is -0.317. The lowest BCUT2D eigenvalue weighted by molar-refractivity contribution is 0.139. The molecule has 6 heteroatoms. The van der Waals surface area contributed by atoms with Gasteiger partial charge in [-0.05, 0) is 6.42 Å². The molecule has 0 aromatic heterocycles. The van der Waals surface area contributed by atoms with E-state index in [2.05, 4.69) is 0 Å². The van der Waals surface area contributed by atoms with Crippen molar-refractivity contribution in [3.8, 4) is 0 Å². The van der Waals surface area contributed by atoms with Gasteiger partial charge in [0.2, 0.25) is 0 Å². The van der Waals surface area contributed by atoms with E-state index in [1.165, 1.54) is 16.8 Å². The van der Waals surface area contributed by atoms with Crippen molar-refractivity contribution in [1.29, 1.82) is 0 Å². The Morgan fingerprint density at radius 1 is 1.62 bits per heavy atom. The van der Waals surface area contributed by atoms with E-state index >= 15 is 0 Å². The van der Waals surface area contributed by atoms with Crippen LogP contribution in [-0.4, -0.2) is 53.2 Å². The summed E-state index contributed by atoms with van der Waals surface area (Å²) >= 11 is 0. The highest BCUT2D eigenvalue weighted by Gasteiger charge is 2.29. The highest BCUT2D eigenvalue weighted by Crippen LogP contribution is 2.13. The molecule has 1 aliphatic heterocycles. The first-order chi connectivity index (χ1) is 6.02. The number of rotatable bonds is 1. The summed E-state index contributed by atoms with van der Waals surface area (Å²) in [7, 11) is 1.50. The molecular weight excluding hydrogens is 174 g/mol. The van der Waals surface area contributed by atoms with Gasteiger partial charge in [-0.1, -0.05) is 0 Å². The van der Waals surface area contributed by atoms with Gasteiger partial charge in [-0.15, -0.1) is 0 Å². The van der Waals surface area contributed by atoms with E-state index in [0.29, 0.717) is 19.5 Å². The van der Waals surface area contributed by atoms with Gasteiger partial charge in [0.05, 0.1) is 6.04 Å². The summed E-state index contributed by atoms with van der Waals surface area (Å²) in [6, 6.07) is -0.605. The number of amides is 3. The first-order valence-corrected chi connectivity index (χ1v) is 4.02. The second-order valence-corrected chi connectivity index (χ2v) is 3.12. The molecule has 1 rings (SSSR count). The summed E-state index contributed by atoms with van der Waals surface area (Å²) in [6.45, 7) is 0.940. The van der Waals surface area contributed by atoms with Crippen LogP contribution in [0.3, 0.4) is 0 Å². The monoisotopic (exact) mass is 187 g/mol. The normalized spacial score (nSPS) is 21.6. The summed E-state index contributed by atoms with van der Waals surface area (Å²) in [5.41, 5.74) is 5.06. The van der Waals surface area contributed by atoms with Gasteiger partial charge in [0.25, 0.3) is 0 Å². The molecule has 3 N–H and O–H groups in total. The Bertz CT molecular complexity index is 231. The molecule has 0 saturated carbocycles. The summed E-state index contributed by atoms with van der Waals surface area (Å²) in [4.78, 5) is 23.9. The quantitative estimate of drug-likeness (QED) is 0.593. The van der Waals surface area contributed by atoms with E-state index in [1.807, 2.05) is 0 Å². The number of hydrogen-bond donors (Lipinski definition) is 2. The Labute approximate surface area is 75.9 Å². The van der Waals surface area contributed by atoms with Gasteiger partial charge in [-0.25, -0.2) is 9.59 Å². The summed E-state index contributed by atoms with van der Waals surface area (Å²) in [5, 5.41) is 8.66. The molecule has 1 unspecified atom stereocenters. The fourth-order valence-electron chi connectivity index (χ4n) is 1.41. The minimum atomic E-state index is -0.976. The molecule has 1 aliphatic rings. The van der Waals surface area contributed by atoms with Crippen LogP contribution >= 0.6 is 0 Å². The Kier molecular flexibility index (Phi) is 2.60. The van der Waals surface area contributed by atoms with Crippen molar-refractivity contribution in [2.75, 3.05) is 20.1 Å². The maximum absolute atomic E-state index is 10.7. The molecule has 0 bridgehead atoms. The van der Waals surface area contributed by atoms with Gasteiger partial charge in [-0.3, -0.25) is 0 Å². The van der Waals surface area contributed by atoms with E-state index in [-0.39, 0.29) is 6.04 Å². The topological polar surface area (TPSA) is 86.9 Å². The Hall–Kier alpha value is -1.46. The molecule has 0 aliphatic carbocycles. The highest BCUT2D eigenvalue weighted by molar-refractivity contribution is 5.72. The Morgan fingerprint density at radius 3 is 2.62 bits per heavy atom. The molecule has 1 saturated heterocycles. The third kappa shape index (κ3) is 2.01. The predicted octanol–water partition coefficient (Wildman–Crippen LogP) is -0.251. The van der Waals surface area contributed by atoms with Gasteiger partial charge in [0, 0.05) is 20.1 Å². The fraction of sp³-hybridized carbons (Fsp3) is 0.714. The summed E-state index contributed by atoms with van der Waals surface area (Å²) < 4.78 is 0. The molecule has 1 atom stereocenters. The van der Waals surface area contributed by atoms with Gasteiger partial charge in [-0.2, -0.15) is 0 Å². The van der Waals surface area contributed by atoms with E-state index in [4.69, 9.17) is 10.8 Å². The van der Waals surface area contributed by atoms with Crippen molar-refractivity contribution in [1.82, 2.24) is 9.80 Å². The Balaban J connectivity index is 2.49. The number of primary amides is 1. The number of urea groups is 1. The molecule has 6 nitrogen and oxygen atoms in total. The van der Waals surface area contributed by atoms with Crippen LogP contribution in [0.4, 0.5) is 9.59 Å². The van der Waals surface area contributed by atoms with Crippen molar-refractivity contribution >= 4 is 12.1 Å². The maximum Gasteiger partial charge on any atom is 0.407 e. The highest BCUT2D eigenvalue weighted by atomic mass is 16.4. The van der Waals surface area contributed by atoms with Gasteiger partial charge < -0.3 is 20.6 Å². The third-order valence-corrected chi connectivity index (χ3v) is 2.32. The van der Waals surface area contributed by atoms with Crippen molar-refractivity contribution < 1.29 is 14.7 Å². The average Bonchev–Trinajstić information content (AvgIpc) is 2.50. The zero-order valence-electron chi connectivity index (χ0n) is 7.43. The Morgan fingerprint density at radius 2 is 2.23 bits per heavy atom.